The van der Waals surface area contributed by atoms with E-state index in [0.717, 1.165) is 18.7 Å². The van der Waals surface area contributed by atoms with Gasteiger partial charge in [-0.15, -0.1) is 11.3 Å². The zero-order valence-electron chi connectivity index (χ0n) is 12.7. The lowest BCUT2D eigenvalue weighted by molar-refractivity contribution is 0.329. The Morgan fingerprint density at radius 3 is 2.76 bits per heavy atom. The van der Waals surface area contributed by atoms with Gasteiger partial charge in [0.05, 0.1) is 5.01 Å². The fourth-order valence-electron chi connectivity index (χ4n) is 3.36. The van der Waals surface area contributed by atoms with Crippen molar-refractivity contribution in [3.8, 4) is 0 Å². The summed E-state index contributed by atoms with van der Waals surface area (Å²) in [4.78, 5) is 4.55. The van der Waals surface area contributed by atoms with Crippen molar-refractivity contribution in [1.29, 1.82) is 0 Å². The van der Waals surface area contributed by atoms with Crippen LogP contribution in [0.3, 0.4) is 0 Å². The summed E-state index contributed by atoms with van der Waals surface area (Å²) in [5.74, 6) is 0.679. The Kier molecular flexibility index (Phi) is 5.04. The molecule has 1 aromatic heterocycles. The van der Waals surface area contributed by atoms with Gasteiger partial charge in [-0.05, 0) is 31.2 Å². The van der Waals surface area contributed by atoms with E-state index in [-0.39, 0.29) is 0 Å². The maximum Gasteiger partial charge on any atom is 0.0940 e. The van der Waals surface area contributed by atoms with Gasteiger partial charge in [-0.3, -0.25) is 0 Å². The van der Waals surface area contributed by atoms with Crippen molar-refractivity contribution in [2.75, 3.05) is 6.54 Å². The van der Waals surface area contributed by atoms with Gasteiger partial charge >= 0.3 is 0 Å². The van der Waals surface area contributed by atoms with Crippen LogP contribution in [-0.2, 0) is 6.42 Å². The molecule has 0 bridgehead atoms. The van der Waals surface area contributed by atoms with E-state index in [2.05, 4.69) is 52.9 Å². The zero-order valence-corrected chi connectivity index (χ0v) is 13.5. The summed E-state index contributed by atoms with van der Waals surface area (Å²) in [6.45, 7) is 3.11. The van der Waals surface area contributed by atoms with Gasteiger partial charge in [0.1, 0.15) is 0 Å². The van der Waals surface area contributed by atoms with Crippen molar-refractivity contribution in [1.82, 2.24) is 10.3 Å². The van der Waals surface area contributed by atoms with Gasteiger partial charge in [0.15, 0.2) is 0 Å². The summed E-state index contributed by atoms with van der Waals surface area (Å²) in [6.07, 6.45) is 6.39. The Morgan fingerprint density at radius 2 is 2.00 bits per heavy atom. The number of aryl methyl sites for hydroxylation is 1. The molecule has 0 spiro atoms. The summed E-state index contributed by atoms with van der Waals surface area (Å²) in [7, 11) is 0. The zero-order chi connectivity index (χ0) is 14.5. The first kappa shape index (κ1) is 14.7. The predicted octanol–water partition coefficient (Wildman–Crippen LogP) is 4.31. The first-order valence-electron chi connectivity index (χ1n) is 8.02. The fourth-order valence-corrected chi connectivity index (χ4v) is 4.13. The molecule has 0 saturated heterocycles. The van der Waals surface area contributed by atoms with E-state index in [0.29, 0.717) is 12.0 Å². The van der Waals surface area contributed by atoms with Gasteiger partial charge in [0.25, 0.3) is 0 Å². The molecular formula is C18H24N2S. The molecule has 1 aromatic carbocycles. The highest BCUT2D eigenvalue weighted by atomic mass is 32.1. The number of thiazole rings is 1. The third-order valence-corrected chi connectivity index (χ3v) is 5.43. The van der Waals surface area contributed by atoms with Crippen LogP contribution in [0.1, 0.15) is 47.9 Å². The Labute approximate surface area is 131 Å². The molecule has 2 atom stereocenters. The maximum absolute atomic E-state index is 4.55. The van der Waals surface area contributed by atoms with E-state index in [1.54, 1.807) is 11.3 Å². The number of hydrogen-bond donors (Lipinski definition) is 1. The lowest BCUT2D eigenvalue weighted by Gasteiger charge is -2.32. The Hall–Kier alpha value is -1.19. The molecule has 2 nitrogen and oxygen atoms in total. The molecule has 1 fully saturated rings. The fraction of sp³-hybridized carbons (Fsp3) is 0.500. The number of nitrogens with zero attached hydrogens (tertiary/aromatic N) is 1. The molecule has 1 aliphatic carbocycles. The van der Waals surface area contributed by atoms with E-state index < -0.39 is 0 Å². The van der Waals surface area contributed by atoms with Crippen LogP contribution < -0.4 is 5.32 Å². The molecule has 2 aromatic rings. The van der Waals surface area contributed by atoms with Crippen molar-refractivity contribution in [2.45, 2.75) is 51.0 Å². The first-order valence-corrected chi connectivity index (χ1v) is 8.90. The number of aromatic nitrogens is 1. The minimum atomic E-state index is 0.627. The molecule has 0 radical (unpaired) electrons. The standard InChI is InChI=1S/C18H24N2S/c1-14-13-21-18(20-14)11-12-19-17-10-6-5-9-16(17)15-7-3-2-4-8-15/h2-4,7-8,13,16-17,19H,5-6,9-12H2,1H3. The van der Waals surface area contributed by atoms with Crippen molar-refractivity contribution < 1.29 is 0 Å². The quantitative estimate of drug-likeness (QED) is 0.890. The van der Waals surface area contributed by atoms with Gasteiger partial charge in [-0.25, -0.2) is 4.98 Å². The summed E-state index contributed by atoms with van der Waals surface area (Å²) in [6, 6.07) is 11.6. The van der Waals surface area contributed by atoms with Crippen LogP contribution >= 0.6 is 11.3 Å². The summed E-state index contributed by atoms with van der Waals surface area (Å²) >= 11 is 1.78. The van der Waals surface area contributed by atoms with Crippen LogP contribution in [0.15, 0.2) is 35.7 Å². The van der Waals surface area contributed by atoms with E-state index >= 15 is 0 Å². The molecule has 1 saturated carbocycles. The average molecular weight is 300 g/mol. The van der Waals surface area contributed by atoms with Gasteiger partial charge in [0, 0.05) is 30.1 Å². The SMILES string of the molecule is Cc1csc(CCNC2CCCCC2c2ccccc2)n1. The predicted molar refractivity (Wildman–Crippen MR) is 90.0 cm³/mol. The van der Waals surface area contributed by atoms with Crippen LogP contribution in [0, 0.1) is 6.92 Å². The molecule has 3 rings (SSSR count). The molecule has 0 aliphatic heterocycles. The highest BCUT2D eigenvalue weighted by Crippen LogP contribution is 2.32. The van der Waals surface area contributed by atoms with Crippen molar-refractivity contribution >= 4 is 11.3 Å². The number of benzene rings is 1. The molecular weight excluding hydrogens is 276 g/mol. The van der Waals surface area contributed by atoms with Crippen molar-refractivity contribution in [3.05, 3.63) is 52.0 Å². The summed E-state index contributed by atoms with van der Waals surface area (Å²) in [5.41, 5.74) is 2.65. The monoisotopic (exact) mass is 300 g/mol. The van der Waals surface area contributed by atoms with Crippen LogP contribution in [0.25, 0.3) is 0 Å². The molecule has 21 heavy (non-hydrogen) atoms. The van der Waals surface area contributed by atoms with E-state index in [1.165, 1.54) is 36.3 Å². The molecule has 1 heterocycles. The van der Waals surface area contributed by atoms with Gasteiger partial charge in [-0.1, -0.05) is 43.2 Å². The Morgan fingerprint density at radius 1 is 1.19 bits per heavy atom. The van der Waals surface area contributed by atoms with Gasteiger partial charge < -0.3 is 5.32 Å². The minimum Gasteiger partial charge on any atom is -0.313 e. The highest BCUT2D eigenvalue weighted by molar-refractivity contribution is 7.09. The van der Waals surface area contributed by atoms with Crippen molar-refractivity contribution in [3.63, 3.8) is 0 Å². The van der Waals surface area contributed by atoms with Crippen LogP contribution in [-0.4, -0.2) is 17.6 Å². The van der Waals surface area contributed by atoms with E-state index in [9.17, 15) is 0 Å². The lowest BCUT2D eigenvalue weighted by atomic mass is 9.80. The van der Waals surface area contributed by atoms with E-state index in [1.807, 2.05) is 0 Å². The Bertz CT molecular complexity index is 549. The molecule has 1 N–H and O–H groups in total. The van der Waals surface area contributed by atoms with Gasteiger partial charge in [0.2, 0.25) is 0 Å². The average Bonchev–Trinajstić information content (AvgIpc) is 2.94. The molecule has 3 heteroatoms. The van der Waals surface area contributed by atoms with Crippen molar-refractivity contribution in [2.24, 2.45) is 0 Å². The number of nitrogens with one attached hydrogen (secondary N) is 1. The van der Waals surface area contributed by atoms with Gasteiger partial charge in [-0.2, -0.15) is 0 Å². The molecule has 2 unspecified atom stereocenters. The summed E-state index contributed by atoms with van der Waals surface area (Å²) in [5, 5.41) is 7.19. The maximum atomic E-state index is 4.55. The Balaban J connectivity index is 1.57. The lowest BCUT2D eigenvalue weighted by Crippen LogP contribution is -2.38. The smallest absolute Gasteiger partial charge is 0.0940 e. The number of rotatable bonds is 5. The minimum absolute atomic E-state index is 0.627. The second-order valence-corrected chi connectivity index (χ2v) is 6.94. The third-order valence-electron chi connectivity index (χ3n) is 4.41. The molecule has 1 aliphatic rings. The third kappa shape index (κ3) is 3.92. The number of hydrogen-bond acceptors (Lipinski definition) is 3. The highest BCUT2D eigenvalue weighted by Gasteiger charge is 2.25. The van der Waals surface area contributed by atoms with E-state index in [4.69, 9.17) is 0 Å². The second-order valence-electron chi connectivity index (χ2n) is 5.99. The molecule has 0 amide bonds. The summed E-state index contributed by atoms with van der Waals surface area (Å²) < 4.78 is 0. The second kappa shape index (κ2) is 7.19. The van der Waals surface area contributed by atoms with Crippen LogP contribution in [0.4, 0.5) is 0 Å². The largest absolute Gasteiger partial charge is 0.313 e. The van der Waals surface area contributed by atoms with Crippen LogP contribution in [0.5, 0.6) is 0 Å². The topological polar surface area (TPSA) is 24.9 Å². The molecule has 112 valence electrons. The normalized spacial score (nSPS) is 22.3. The van der Waals surface area contributed by atoms with Crippen LogP contribution in [0.2, 0.25) is 0 Å². The first-order chi connectivity index (χ1) is 10.3.